The molecule has 0 saturated heterocycles. The fraction of sp³-hybridized carbons (Fsp3) is 0.333. The van der Waals surface area contributed by atoms with Crippen LogP contribution in [0.25, 0.3) is 0 Å². The normalized spacial score (nSPS) is 18.3. The molecule has 2 unspecified atom stereocenters. The van der Waals surface area contributed by atoms with Gasteiger partial charge in [0.05, 0.1) is 6.54 Å². The molecule has 0 heterocycles. The second-order valence-electron chi connectivity index (χ2n) is 6.72. The molecule has 0 radical (unpaired) electrons. The van der Waals surface area contributed by atoms with E-state index in [1.165, 1.54) is 4.90 Å². The smallest absolute Gasteiger partial charge is 0.243 e. The second-order valence-corrected chi connectivity index (χ2v) is 7.13. The number of nitrogens with zero attached hydrogens (tertiary/aromatic N) is 1. The van der Waals surface area contributed by atoms with Crippen LogP contribution in [0.15, 0.2) is 48.5 Å². The summed E-state index contributed by atoms with van der Waals surface area (Å²) in [5.41, 5.74) is 2.90. The summed E-state index contributed by atoms with van der Waals surface area (Å²) in [7, 11) is 1.68. The summed E-state index contributed by atoms with van der Waals surface area (Å²) in [6, 6.07) is 15.3. The highest BCUT2D eigenvalue weighted by molar-refractivity contribution is 6.31. The van der Waals surface area contributed by atoms with Crippen LogP contribution in [0, 0.1) is 5.92 Å². The predicted molar refractivity (Wildman–Crippen MR) is 104 cm³/mol. The topological polar surface area (TPSA) is 49.4 Å². The molecule has 0 spiro atoms. The average Bonchev–Trinajstić information content (AvgIpc) is 3.42. The van der Waals surface area contributed by atoms with E-state index in [-0.39, 0.29) is 30.2 Å². The highest BCUT2D eigenvalue weighted by atomic mass is 35.5. The maximum atomic E-state index is 12.6. The maximum Gasteiger partial charge on any atom is 0.243 e. The summed E-state index contributed by atoms with van der Waals surface area (Å²) in [5, 5.41) is 3.60. The zero-order chi connectivity index (χ0) is 18.7. The van der Waals surface area contributed by atoms with Gasteiger partial charge in [-0.15, -0.1) is 0 Å². The molecule has 0 aromatic heterocycles. The molecule has 136 valence electrons. The summed E-state index contributed by atoms with van der Waals surface area (Å²) in [4.78, 5) is 26.4. The first-order valence-electron chi connectivity index (χ1n) is 8.88. The van der Waals surface area contributed by atoms with Crippen LogP contribution in [-0.4, -0.2) is 30.3 Å². The third kappa shape index (κ3) is 4.07. The van der Waals surface area contributed by atoms with Gasteiger partial charge in [0.2, 0.25) is 11.8 Å². The molecule has 3 rings (SSSR count). The van der Waals surface area contributed by atoms with E-state index in [1.54, 1.807) is 7.05 Å². The number of aryl methyl sites for hydroxylation is 1. The van der Waals surface area contributed by atoms with Gasteiger partial charge in [0, 0.05) is 23.7 Å². The van der Waals surface area contributed by atoms with Crippen molar-refractivity contribution < 1.29 is 9.59 Å². The van der Waals surface area contributed by atoms with Gasteiger partial charge >= 0.3 is 0 Å². The Morgan fingerprint density at radius 3 is 2.58 bits per heavy atom. The first kappa shape index (κ1) is 18.5. The van der Waals surface area contributed by atoms with E-state index in [9.17, 15) is 9.59 Å². The number of hydrogen-bond acceptors (Lipinski definition) is 2. The van der Waals surface area contributed by atoms with Crippen molar-refractivity contribution in [1.29, 1.82) is 0 Å². The largest absolute Gasteiger partial charge is 0.336 e. The van der Waals surface area contributed by atoms with Crippen LogP contribution in [0.4, 0.5) is 5.69 Å². The number of rotatable bonds is 6. The van der Waals surface area contributed by atoms with Gasteiger partial charge < -0.3 is 10.2 Å². The van der Waals surface area contributed by atoms with Crippen molar-refractivity contribution in [3.05, 3.63) is 64.7 Å². The van der Waals surface area contributed by atoms with Gasteiger partial charge in [0.15, 0.2) is 0 Å². The van der Waals surface area contributed by atoms with Gasteiger partial charge in [-0.1, -0.05) is 54.9 Å². The van der Waals surface area contributed by atoms with Crippen LogP contribution in [0.5, 0.6) is 0 Å². The first-order valence-corrected chi connectivity index (χ1v) is 9.26. The number of likely N-dealkylation sites (N-methyl/N-ethyl adjacent to an activating group) is 1. The van der Waals surface area contributed by atoms with Gasteiger partial charge in [-0.2, -0.15) is 0 Å². The molecule has 0 aliphatic heterocycles. The SMILES string of the molecule is CCc1ccccc1NC(=O)CN(C)C(=O)C1CC1c1ccccc1Cl. The Kier molecular flexibility index (Phi) is 5.62. The third-order valence-electron chi connectivity index (χ3n) is 4.84. The van der Waals surface area contributed by atoms with Crippen molar-refractivity contribution in [2.24, 2.45) is 5.92 Å². The molecule has 26 heavy (non-hydrogen) atoms. The molecule has 2 aromatic rings. The van der Waals surface area contributed by atoms with E-state index >= 15 is 0 Å². The minimum Gasteiger partial charge on any atom is -0.336 e. The Hall–Kier alpha value is -2.33. The molecule has 1 aliphatic rings. The molecule has 1 N–H and O–H groups in total. The summed E-state index contributed by atoms with van der Waals surface area (Å²) < 4.78 is 0. The van der Waals surface area contributed by atoms with Crippen molar-refractivity contribution in [3.8, 4) is 0 Å². The summed E-state index contributed by atoms with van der Waals surface area (Å²) in [6.07, 6.45) is 1.63. The Morgan fingerprint density at radius 1 is 1.15 bits per heavy atom. The Morgan fingerprint density at radius 2 is 1.85 bits per heavy atom. The fourth-order valence-corrected chi connectivity index (χ4v) is 3.58. The lowest BCUT2D eigenvalue weighted by Crippen LogP contribution is -2.36. The molecule has 1 aliphatic carbocycles. The number of carbonyl (C=O) groups is 2. The maximum absolute atomic E-state index is 12.6. The highest BCUT2D eigenvalue weighted by Gasteiger charge is 2.46. The van der Waals surface area contributed by atoms with E-state index in [2.05, 4.69) is 5.32 Å². The lowest BCUT2D eigenvalue weighted by Gasteiger charge is -2.18. The second kappa shape index (κ2) is 7.92. The molecule has 1 saturated carbocycles. The molecule has 0 bridgehead atoms. The van der Waals surface area contributed by atoms with Crippen molar-refractivity contribution in [1.82, 2.24) is 4.90 Å². The van der Waals surface area contributed by atoms with Gasteiger partial charge in [-0.05, 0) is 42.0 Å². The van der Waals surface area contributed by atoms with Crippen molar-refractivity contribution >= 4 is 29.1 Å². The molecule has 2 amide bonds. The van der Waals surface area contributed by atoms with Crippen LogP contribution in [0.3, 0.4) is 0 Å². The summed E-state index contributed by atoms with van der Waals surface area (Å²) in [6.45, 7) is 2.09. The van der Waals surface area contributed by atoms with Crippen molar-refractivity contribution in [2.45, 2.75) is 25.7 Å². The molecule has 5 heteroatoms. The number of anilines is 1. The average molecular weight is 371 g/mol. The zero-order valence-corrected chi connectivity index (χ0v) is 15.8. The standard InChI is InChI=1S/C21H23ClN2O2/c1-3-14-8-4-7-11-19(14)23-20(25)13-24(2)21(26)17-12-16(17)15-9-5-6-10-18(15)22/h4-11,16-17H,3,12-13H2,1-2H3,(H,23,25). The number of benzene rings is 2. The fourth-order valence-electron chi connectivity index (χ4n) is 3.30. The molecule has 2 aromatic carbocycles. The van der Waals surface area contributed by atoms with E-state index in [4.69, 9.17) is 11.6 Å². The lowest BCUT2D eigenvalue weighted by molar-refractivity contribution is -0.134. The minimum atomic E-state index is -0.184. The quantitative estimate of drug-likeness (QED) is 0.832. The Bertz CT molecular complexity index is 821. The van der Waals surface area contributed by atoms with Crippen LogP contribution in [0.2, 0.25) is 5.02 Å². The highest BCUT2D eigenvalue weighted by Crippen LogP contribution is 2.50. The molecular weight excluding hydrogens is 348 g/mol. The number of amides is 2. The number of hydrogen-bond donors (Lipinski definition) is 1. The monoisotopic (exact) mass is 370 g/mol. The predicted octanol–water partition coefficient (Wildman–Crippen LogP) is 4.10. The lowest BCUT2D eigenvalue weighted by atomic mass is 10.1. The summed E-state index contributed by atoms with van der Waals surface area (Å²) >= 11 is 6.22. The van der Waals surface area contributed by atoms with Crippen molar-refractivity contribution in [2.75, 3.05) is 18.9 Å². The number of para-hydroxylation sites is 1. The van der Waals surface area contributed by atoms with Gasteiger partial charge in [0.25, 0.3) is 0 Å². The van der Waals surface area contributed by atoms with E-state index in [0.29, 0.717) is 5.02 Å². The van der Waals surface area contributed by atoms with Crippen molar-refractivity contribution in [3.63, 3.8) is 0 Å². The molecule has 1 fully saturated rings. The van der Waals surface area contributed by atoms with E-state index < -0.39 is 0 Å². The zero-order valence-electron chi connectivity index (χ0n) is 15.0. The number of halogens is 1. The number of carbonyl (C=O) groups excluding carboxylic acids is 2. The van der Waals surface area contributed by atoms with E-state index in [0.717, 1.165) is 29.7 Å². The minimum absolute atomic E-state index is 0.00570. The first-order chi connectivity index (χ1) is 12.5. The third-order valence-corrected chi connectivity index (χ3v) is 5.19. The molecule has 4 nitrogen and oxygen atoms in total. The van der Waals surface area contributed by atoms with Gasteiger partial charge in [0.1, 0.15) is 0 Å². The molecule has 2 atom stereocenters. The van der Waals surface area contributed by atoms with Crippen LogP contribution >= 0.6 is 11.6 Å². The summed E-state index contributed by atoms with van der Waals surface area (Å²) in [5.74, 6) is -0.122. The Balaban J connectivity index is 1.57. The number of nitrogens with one attached hydrogen (secondary N) is 1. The van der Waals surface area contributed by atoms with Crippen LogP contribution < -0.4 is 5.32 Å². The van der Waals surface area contributed by atoms with Crippen LogP contribution in [-0.2, 0) is 16.0 Å². The van der Waals surface area contributed by atoms with Gasteiger partial charge in [-0.25, -0.2) is 0 Å². The van der Waals surface area contributed by atoms with E-state index in [1.807, 2.05) is 55.5 Å². The van der Waals surface area contributed by atoms with Gasteiger partial charge in [-0.3, -0.25) is 9.59 Å². The van der Waals surface area contributed by atoms with Crippen LogP contribution in [0.1, 0.15) is 30.4 Å². The molecular formula is C21H23ClN2O2. The Labute approximate surface area is 159 Å².